The summed E-state index contributed by atoms with van der Waals surface area (Å²) >= 11 is 0. The highest BCUT2D eigenvalue weighted by Crippen LogP contribution is 2.30. The molecule has 0 aromatic heterocycles. The van der Waals surface area contributed by atoms with Gasteiger partial charge >= 0.3 is 0 Å². The first kappa shape index (κ1) is 20.0. The van der Waals surface area contributed by atoms with Crippen LogP contribution in [0.5, 0.6) is 0 Å². The van der Waals surface area contributed by atoms with E-state index in [2.05, 4.69) is 5.32 Å². The first-order valence-electron chi connectivity index (χ1n) is 10.1. The minimum atomic E-state index is -3.95. The average Bonchev–Trinajstić information content (AvgIpc) is 2.74. The predicted molar refractivity (Wildman–Crippen MR) is 108 cm³/mol. The zero-order valence-corrected chi connectivity index (χ0v) is 17.0. The lowest BCUT2D eigenvalue weighted by molar-refractivity contribution is -0.126. The molecule has 29 heavy (non-hydrogen) atoms. The maximum absolute atomic E-state index is 13.3. The molecule has 0 spiro atoms. The van der Waals surface area contributed by atoms with Gasteiger partial charge in [0.25, 0.3) is 0 Å². The number of benzene rings is 2. The number of halogens is 1. The van der Waals surface area contributed by atoms with Crippen LogP contribution in [0.15, 0.2) is 53.4 Å². The van der Waals surface area contributed by atoms with E-state index >= 15 is 0 Å². The van der Waals surface area contributed by atoms with E-state index in [9.17, 15) is 17.6 Å². The molecule has 1 amide bonds. The standard InChI is InChI=1S/C22H25FN2O3S/c23-18-10-12-20(13-11-18)29(27,28)25-15-17-7-5-4-6-16(17)14-21(25)22(26)24-19-8-2-1-3-9-19/h4-7,10-13,19,21H,1-3,8-9,14-15H2,(H,24,26)/t21-/m0/s1. The number of hydrogen-bond donors (Lipinski definition) is 1. The molecule has 0 radical (unpaired) electrons. The lowest BCUT2D eigenvalue weighted by Crippen LogP contribution is -2.54. The molecule has 1 atom stereocenters. The molecule has 2 aliphatic rings. The molecule has 2 aromatic carbocycles. The van der Waals surface area contributed by atoms with Crippen molar-refractivity contribution in [3.05, 3.63) is 65.5 Å². The Kier molecular flexibility index (Phi) is 5.69. The number of nitrogens with one attached hydrogen (secondary N) is 1. The maximum Gasteiger partial charge on any atom is 0.244 e. The molecule has 4 rings (SSSR count). The molecule has 154 valence electrons. The van der Waals surface area contributed by atoms with Crippen molar-refractivity contribution < 1.29 is 17.6 Å². The molecule has 7 heteroatoms. The van der Waals surface area contributed by atoms with E-state index in [1.165, 1.54) is 22.9 Å². The van der Waals surface area contributed by atoms with Gasteiger partial charge in [0, 0.05) is 12.6 Å². The van der Waals surface area contributed by atoms with Crippen molar-refractivity contribution >= 4 is 15.9 Å². The van der Waals surface area contributed by atoms with Gasteiger partial charge < -0.3 is 5.32 Å². The van der Waals surface area contributed by atoms with Crippen LogP contribution in [0.2, 0.25) is 0 Å². The number of nitrogens with zero attached hydrogens (tertiary/aromatic N) is 1. The van der Waals surface area contributed by atoms with Crippen LogP contribution in [0.1, 0.15) is 43.2 Å². The van der Waals surface area contributed by atoms with Crippen molar-refractivity contribution in [3.63, 3.8) is 0 Å². The average molecular weight is 417 g/mol. The maximum atomic E-state index is 13.3. The lowest BCUT2D eigenvalue weighted by atomic mass is 9.93. The highest BCUT2D eigenvalue weighted by Gasteiger charge is 2.40. The van der Waals surface area contributed by atoms with E-state index in [1.54, 1.807) is 0 Å². The Hall–Kier alpha value is -2.25. The van der Waals surface area contributed by atoms with E-state index in [1.807, 2.05) is 24.3 Å². The molecule has 1 aliphatic carbocycles. The first-order valence-corrected chi connectivity index (χ1v) is 11.5. The Balaban J connectivity index is 1.66. The minimum Gasteiger partial charge on any atom is -0.352 e. The van der Waals surface area contributed by atoms with Gasteiger partial charge in [-0.2, -0.15) is 4.31 Å². The van der Waals surface area contributed by atoms with Crippen LogP contribution < -0.4 is 5.32 Å². The molecule has 1 aliphatic heterocycles. The van der Waals surface area contributed by atoms with E-state index in [0.29, 0.717) is 6.42 Å². The zero-order chi connectivity index (χ0) is 20.4. The Morgan fingerprint density at radius 2 is 1.62 bits per heavy atom. The van der Waals surface area contributed by atoms with Crippen molar-refractivity contribution in [3.8, 4) is 0 Å². The summed E-state index contributed by atoms with van der Waals surface area (Å²) in [5.41, 5.74) is 1.88. The summed E-state index contributed by atoms with van der Waals surface area (Å²) in [6.07, 6.45) is 5.52. The molecule has 1 fully saturated rings. The van der Waals surface area contributed by atoms with Crippen LogP contribution in [0.25, 0.3) is 0 Å². The molecule has 0 saturated heterocycles. The molecular formula is C22H25FN2O3S. The quantitative estimate of drug-likeness (QED) is 0.831. The summed E-state index contributed by atoms with van der Waals surface area (Å²) in [6, 6.07) is 11.6. The number of sulfonamides is 1. The second-order valence-corrected chi connectivity index (χ2v) is 9.73. The Bertz CT molecular complexity index is 985. The predicted octanol–water partition coefficient (Wildman–Crippen LogP) is 3.39. The van der Waals surface area contributed by atoms with Crippen molar-refractivity contribution in [2.45, 2.75) is 62.0 Å². The fraction of sp³-hybridized carbons (Fsp3) is 0.409. The largest absolute Gasteiger partial charge is 0.352 e. The number of amides is 1. The van der Waals surface area contributed by atoms with Gasteiger partial charge in [0.2, 0.25) is 15.9 Å². The fourth-order valence-corrected chi connectivity index (χ4v) is 5.83. The summed E-state index contributed by atoms with van der Waals surface area (Å²) < 4.78 is 41.2. The topological polar surface area (TPSA) is 66.5 Å². The zero-order valence-electron chi connectivity index (χ0n) is 16.2. The van der Waals surface area contributed by atoms with E-state index < -0.39 is 21.9 Å². The third-order valence-electron chi connectivity index (χ3n) is 5.88. The van der Waals surface area contributed by atoms with Crippen molar-refractivity contribution in [2.24, 2.45) is 0 Å². The van der Waals surface area contributed by atoms with Gasteiger partial charge in [-0.1, -0.05) is 43.5 Å². The second-order valence-electron chi connectivity index (χ2n) is 7.84. The van der Waals surface area contributed by atoms with Gasteiger partial charge in [-0.05, 0) is 54.7 Å². The Morgan fingerprint density at radius 3 is 2.31 bits per heavy atom. The third-order valence-corrected chi connectivity index (χ3v) is 7.75. The van der Waals surface area contributed by atoms with Crippen LogP contribution in [-0.4, -0.2) is 30.7 Å². The molecule has 1 saturated carbocycles. The van der Waals surface area contributed by atoms with Crippen molar-refractivity contribution in [1.82, 2.24) is 9.62 Å². The summed E-state index contributed by atoms with van der Waals surface area (Å²) in [4.78, 5) is 13.1. The van der Waals surface area contributed by atoms with E-state index in [0.717, 1.165) is 48.9 Å². The van der Waals surface area contributed by atoms with Crippen LogP contribution in [0.3, 0.4) is 0 Å². The number of fused-ring (bicyclic) bond motifs is 1. The van der Waals surface area contributed by atoms with Gasteiger partial charge in [0.05, 0.1) is 4.90 Å². The summed E-state index contributed by atoms with van der Waals surface area (Å²) in [5.74, 6) is -0.753. The molecule has 1 N–H and O–H groups in total. The summed E-state index contributed by atoms with van der Waals surface area (Å²) in [6.45, 7) is 0.124. The second kappa shape index (κ2) is 8.24. The third kappa shape index (κ3) is 4.21. The van der Waals surface area contributed by atoms with E-state index in [4.69, 9.17) is 0 Å². The summed E-state index contributed by atoms with van der Waals surface area (Å²) in [5, 5.41) is 3.08. The minimum absolute atomic E-state index is 0.00579. The normalized spacial score (nSPS) is 20.8. The highest BCUT2D eigenvalue weighted by atomic mass is 32.2. The number of carbonyl (C=O) groups excluding carboxylic acids is 1. The smallest absolute Gasteiger partial charge is 0.244 e. The van der Waals surface area contributed by atoms with Crippen LogP contribution >= 0.6 is 0 Å². The number of hydrogen-bond acceptors (Lipinski definition) is 3. The van der Waals surface area contributed by atoms with Gasteiger partial charge in [-0.25, -0.2) is 12.8 Å². The molecule has 0 bridgehead atoms. The van der Waals surface area contributed by atoms with Gasteiger partial charge in [-0.3, -0.25) is 4.79 Å². The number of rotatable bonds is 4. The molecular weight excluding hydrogens is 391 g/mol. The lowest BCUT2D eigenvalue weighted by Gasteiger charge is -2.36. The summed E-state index contributed by atoms with van der Waals surface area (Å²) in [7, 11) is -3.95. The van der Waals surface area contributed by atoms with Gasteiger partial charge in [-0.15, -0.1) is 0 Å². The van der Waals surface area contributed by atoms with Crippen LogP contribution in [0.4, 0.5) is 4.39 Å². The molecule has 0 unspecified atom stereocenters. The Labute approximate surface area is 171 Å². The highest BCUT2D eigenvalue weighted by molar-refractivity contribution is 7.89. The molecule has 1 heterocycles. The molecule has 2 aromatic rings. The SMILES string of the molecule is O=C(NC1CCCCC1)[C@@H]1Cc2ccccc2CN1S(=O)(=O)c1ccc(F)cc1. The molecule has 5 nitrogen and oxygen atoms in total. The number of carbonyl (C=O) groups is 1. The fourth-order valence-electron chi connectivity index (χ4n) is 4.26. The van der Waals surface area contributed by atoms with Gasteiger partial charge in [0.1, 0.15) is 11.9 Å². The van der Waals surface area contributed by atoms with E-state index in [-0.39, 0.29) is 23.4 Å². The van der Waals surface area contributed by atoms with Crippen molar-refractivity contribution in [1.29, 1.82) is 0 Å². The van der Waals surface area contributed by atoms with Crippen LogP contribution in [-0.2, 0) is 27.8 Å². The monoisotopic (exact) mass is 416 g/mol. The van der Waals surface area contributed by atoms with Gasteiger partial charge in [0.15, 0.2) is 0 Å². The van der Waals surface area contributed by atoms with Crippen LogP contribution in [0, 0.1) is 5.82 Å². The first-order chi connectivity index (χ1) is 13.9. The van der Waals surface area contributed by atoms with Crippen molar-refractivity contribution in [2.75, 3.05) is 0 Å². The Morgan fingerprint density at radius 1 is 0.966 bits per heavy atom.